The monoisotopic (exact) mass is 1350 g/mol. The van der Waals surface area contributed by atoms with E-state index in [0.717, 1.165) is 114 Å². The molecule has 0 aliphatic carbocycles. The van der Waals surface area contributed by atoms with Crippen LogP contribution in [0.15, 0.2) is 0 Å². The van der Waals surface area contributed by atoms with E-state index in [9.17, 15) is 43.2 Å². The Balaban J connectivity index is 5.22. The van der Waals surface area contributed by atoms with Crippen LogP contribution in [0.25, 0.3) is 0 Å². The minimum atomic E-state index is -4.96. The van der Waals surface area contributed by atoms with Crippen LogP contribution in [0.4, 0.5) is 0 Å². The van der Waals surface area contributed by atoms with E-state index in [2.05, 4.69) is 55.4 Å². The number of esters is 4. The summed E-state index contributed by atoms with van der Waals surface area (Å²) in [6.07, 6.45) is 46.0. The molecule has 0 aromatic heterocycles. The molecule has 7 atom stereocenters. The summed E-state index contributed by atoms with van der Waals surface area (Å²) in [6, 6.07) is 0. The number of carbonyl (C=O) groups is 4. The third kappa shape index (κ3) is 64.1. The van der Waals surface area contributed by atoms with Gasteiger partial charge in [-0.3, -0.25) is 37.3 Å². The summed E-state index contributed by atoms with van der Waals surface area (Å²) in [4.78, 5) is 72.6. The molecular formula is C73H142O17P2. The van der Waals surface area contributed by atoms with Crippen molar-refractivity contribution in [2.45, 2.75) is 382 Å². The highest BCUT2D eigenvalue weighted by Gasteiger charge is 2.30. The molecule has 0 aromatic rings. The first-order valence-corrected chi connectivity index (χ1v) is 40.8. The van der Waals surface area contributed by atoms with Gasteiger partial charge in [0.25, 0.3) is 0 Å². The predicted molar refractivity (Wildman–Crippen MR) is 372 cm³/mol. The van der Waals surface area contributed by atoms with Gasteiger partial charge in [0.05, 0.1) is 26.4 Å². The number of hydrogen-bond donors (Lipinski definition) is 3. The van der Waals surface area contributed by atoms with Crippen LogP contribution in [0.2, 0.25) is 0 Å². The van der Waals surface area contributed by atoms with Crippen LogP contribution in [0.1, 0.15) is 364 Å². The Bertz CT molecular complexity index is 1820. The highest BCUT2D eigenvalue weighted by Crippen LogP contribution is 2.45. The van der Waals surface area contributed by atoms with E-state index in [1.807, 2.05) is 0 Å². The highest BCUT2D eigenvalue weighted by molar-refractivity contribution is 7.47. The Hall–Kier alpha value is -1.94. The Morgan fingerprint density at radius 1 is 0.304 bits per heavy atom. The second kappa shape index (κ2) is 62.6. The fourth-order valence-corrected chi connectivity index (χ4v) is 12.5. The molecule has 4 unspecified atom stereocenters. The van der Waals surface area contributed by atoms with Crippen LogP contribution in [-0.2, 0) is 65.4 Å². The number of ether oxygens (including phenoxy) is 4. The fraction of sp³-hybridized carbons (Fsp3) is 0.945. The Kier molecular flexibility index (Phi) is 61.3. The lowest BCUT2D eigenvalue weighted by Crippen LogP contribution is -2.30. The van der Waals surface area contributed by atoms with Crippen LogP contribution < -0.4 is 0 Å². The van der Waals surface area contributed by atoms with Crippen LogP contribution in [-0.4, -0.2) is 96.7 Å². The quantitative estimate of drug-likeness (QED) is 0.0222. The molecule has 0 aromatic carbocycles. The van der Waals surface area contributed by atoms with Gasteiger partial charge >= 0.3 is 39.5 Å². The first-order chi connectivity index (χ1) is 44.2. The molecule has 19 heteroatoms. The molecule has 546 valence electrons. The van der Waals surface area contributed by atoms with Gasteiger partial charge in [-0.2, -0.15) is 0 Å². The van der Waals surface area contributed by atoms with Crippen LogP contribution in [0.5, 0.6) is 0 Å². The van der Waals surface area contributed by atoms with Crippen molar-refractivity contribution in [1.29, 1.82) is 0 Å². The summed E-state index contributed by atoms with van der Waals surface area (Å²) in [6.45, 7) is 14.1. The largest absolute Gasteiger partial charge is 0.472 e. The Morgan fingerprint density at radius 3 is 0.772 bits per heavy atom. The van der Waals surface area contributed by atoms with Gasteiger partial charge in [-0.05, 0) is 49.4 Å². The number of aliphatic hydroxyl groups is 1. The summed E-state index contributed by atoms with van der Waals surface area (Å²) in [5, 5.41) is 10.6. The maximum atomic E-state index is 13.1. The molecule has 0 saturated heterocycles. The summed E-state index contributed by atoms with van der Waals surface area (Å²) >= 11 is 0. The molecule has 3 N–H and O–H groups in total. The maximum absolute atomic E-state index is 13.1. The molecular weight excluding hydrogens is 1210 g/mol. The Morgan fingerprint density at radius 2 is 0.522 bits per heavy atom. The summed E-state index contributed by atoms with van der Waals surface area (Å²) < 4.78 is 68.3. The molecule has 0 rings (SSSR count). The van der Waals surface area contributed by atoms with Gasteiger partial charge in [0.15, 0.2) is 12.2 Å². The van der Waals surface area contributed by atoms with E-state index in [1.165, 1.54) is 161 Å². The number of hydrogen-bond acceptors (Lipinski definition) is 15. The SMILES string of the molecule is CCC(C)CCCCCCCCCCCCCCCCC(=O)OC[C@H](COP(=O)(O)OC[C@@H](O)COP(=O)(O)OC[C@@H](COC(=O)CCCCCCCCC(C)C)OC(=O)CCCCCCCCC(C)CC)OC(=O)CCCCCCCCCCCCCCC(C)C. The van der Waals surface area contributed by atoms with E-state index in [0.29, 0.717) is 31.6 Å². The lowest BCUT2D eigenvalue weighted by molar-refractivity contribution is -0.161. The highest BCUT2D eigenvalue weighted by atomic mass is 31.2. The van der Waals surface area contributed by atoms with Crippen molar-refractivity contribution in [3.63, 3.8) is 0 Å². The zero-order chi connectivity index (χ0) is 68.2. The van der Waals surface area contributed by atoms with Gasteiger partial charge in [0.1, 0.15) is 19.3 Å². The van der Waals surface area contributed by atoms with Crippen molar-refractivity contribution >= 4 is 39.5 Å². The molecule has 0 aliphatic heterocycles. The molecule has 0 fully saturated rings. The lowest BCUT2D eigenvalue weighted by Gasteiger charge is -2.21. The number of unbranched alkanes of at least 4 members (excludes halogenated alkanes) is 34. The van der Waals surface area contributed by atoms with Gasteiger partial charge in [-0.1, -0.05) is 312 Å². The Labute approximate surface area is 562 Å². The first kappa shape index (κ1) is 90.1. The number of phosphoric acid groups is 2. The van der Waals surface area contributed by atoms with E-state index < -0.39 is 97.5 Å². The first-order valence-electron chi connectivity index (χ1n) is 37.8. The standard InChI is InChI=1S/C73H142O17P2/c1-9-65(7)51-43-35-26-22-18-13-11-12-14-19-23-27-37-45-53-70(75)83-59-68(89-72(77)55-47-39-28-24-20-16-15-17-21-25-33-41-49-63(3)4)61-87-91(79,80)85-57-67(74)58-86-92(81,82)88-62-69(60-84-71(76)54-46-38-31-29-34-42-50-64(5)6)90-73(78)56-48-40-32-30-36-44-52-66(8)10-2/h63-69,74H,9-62H2,1-8H3,(H,79,80)(H,81,82)/t65?,66?,67-,68-,69-/m1/s1. The molecule has 17 nitrogen and oxygen atoms in total. The predicted octanol–water partition coefficient (Wildman–Crippen LogP) is 20.9. The van der Waals surface area contributed by atoms with Crippen LogP contribution >= 0.6 is 15.6 Å². The van der Waals surface area contributed by atoms with Crippen molar-refractivity contribution in [1.82, 2.24) is 0 Å². The smallest absolute Gasteiger partial charge is 0.462 e. The molecule has 0 heterocycles. The summed E-state index contributed by atoms with van der Waals surface area (Å²) in [5.41, 5.74) is 0. The summed E-state index contributed by atoms with van der Waals surface area (Å²) in [5.74, 6) is 0.897. The fourth-order valence-electron chi connectivity index (χ4n) is 11.0. The van der Waals surface area contributed by atoms with Crippen molar-refractivity contribution in [3.05, 3.63) is 0 Å². The second-order valence-corrected chi connectivity index (χ2v) is 30.7. The molecule has 0 aliphatic rings. The molecule has 0 bridgehead atoms. The second-order valence-electron chi connectivity index (χ2n) is 27.8. The molecule has 0 saturated carbocycles. The molecule has 92 heavy (non-hydrogen) atoms. The van der Waals surface area contributed by atoms with E-state index in [4.69, 9.17) is 37.0 Å². The average Bonchev–Trinajstić information content (AvgIpc) is 2.81. The van der Waals surface area contributed by atoms with Gasteiger partial charge in [0, 0.05) is 25.7 Å². The zero-order valence-electron chi connectivity index (χ0n) is 60.2. The maximum Gasteiger partial charge on any atom is 0.472 e. The topological polar surface area (TPSA) is 237 Å². The van der Waals surface area contributed by atoms with Gasteiger partial charge in [-0.15, -0.1) is 0 Å². The minimum Gasteiger partial charge on any atom is -0.462 e. The van der Waals surface area contributed by atoms with Crippen LogP contribution in [0.3, 0.4) is 0 Å². The number of aliphatic hydroxyl groups excluding tert-OH is 1. The number of rotatable bonds is 70. The summed E-state index contributed by atoms with van der Waals surface area (Å²) in [7, 11) is -9.91. The zero-order valence-corrected chi connectivity index (χ0v) is 62.0. The third-order valence-electron chi connectivity index (χ3n) is 17.5. The normalized spacial score (nSPS) is 14.8. The minimum absolute atomic E-state index is 0.102. The average molecular weight is 1350 g/mol. The number of carbonyl (C=O) groups excluding carboxylic acids is 4. The van der Waals surface area contributed by atoms with Crippen molar-refractivity contribution < 1.29 is 80.2 Å². The van der Waals surface area contributed by atoms with Crippen molar-refractivity contribution in [3.8, 4) is 0 Å². The third-order valence-corrected chi connectivity index (χ3v) is 19.4. The van der Waals surface area contributed by atoms with Crippen LogP contribution in [0, 0.1) is 23.7 Å². The van der Waals surface area contributed by atoms with E-state index in [1.54, 1.807) is 0 Å². The molecule has 0 amide bonds. The molecule has 0 spiro atoms. The van der Waals surface area contributed by atoms with E-state index >= 15 is 0 Å². The lowest BCUT2D eigenvalue weighted by atomic mass is 9.99. The van der Waals surface area contributed by atoms with Crippen molar-refractivity contribution in [2.75, 3.05) is 39.6 Å². The van der Waals surface area contributed by atoms with Crippen molar-refractivity contribution in [2.24, 2.45) is 23.7 Å². The van der Waals surface area contributed by atoms with Gasteiger partial charge < -0.3 is 33.8 Å². The number of phosphoric ester groups is 2. The van der Waals surface area contributed by atoms with E-state index in [-0.39, 0.29) is 25.7 Å². The molecule has 0 radical (unpaired) electrons. The van der Waals surface area contributed by atoms with Gasteiger partial charge in [-0.25, -0.2) is 9.13 Å². The van der Waals surface area contributed by atoms with Gasteiger partial charge in [0.2, 0.25) is 0 Å².